The number of carbonyl (C=O) groups excluding carboxylic acids is 1. The van der Waals surface area contributed by atoms with Crippen LogP contribution in [0.4, 0.5) is 0 Å². The number of nitrogens with two attached hydrogens (primary N) is 1. The second-order valence-corrected chi connectivity index (χ2v) is 8.07. The van der Waals surface area contributed by atoms with Gasteiger partial charge in [-0.05, 0) is 60.4 Å². The van der Waals surface area contributed by atoms with E-state index in [-0.39, 0.29) is 18.0 Å². The average molecular weight is 421 g/mol. The minimum absolute atomic E-state index is 0.0381. The summed E-state index contributed by atoms with van der Waals surface area (Å²) in [5.41, 5.74) is 6.35. The van der Waals surface area contributed by atoms with Gasteiger partial charge in [0.05, 0.1) is 23.1 Å². The van der Waals surface area contributed by atoms with E-state index in [4.69, 9.17) is 11.0 Å². The van der Waals surface area contributed by atoms with E-state index in [0.717, 1.165) is 43.0 Å². The Morgan fingerprint density at radius 1 is 1.35 bits per heavy atom. The van der Waals surface area contributed by atoms with Crippen molar-refractivity contribution < 1.29 is 4.79 Å². The average Bonchev–Trinajstić information content (AvgIpc) is 3.15. The van der Waals surface area contributed by atoms with Gasteiger partial charge in [0.25, 0.3) is 0 Å². The Bertz CT molecular complexity index is 653. The van der Waals surface area contributed by atoms with Crippen LogP contribution >= 0.6 is 15.9 Å². The van der Waals surface area contributed by atoms with Crippen molar-refractivity contribution in [2.45, 2.75) is 56.7 Å². The van der Waals surface area contributed by atoms with Crippen LogP contribution in [-0.2, 0) is 4.79 Å². The number of hydrogen-bond donors (Lipinski definition) is 2. The number of hydrogen-bond acceptors (Lipinski definition) is 6. The Hall–Kier alpha value is -1.56. The van der Waals surface area contributed by atoms with Gasteiger partial charge in [0, 0.05) is 25.0 Å². The maximum Gasteiger partial charge on any atom is 0.237 e. The molecule has 2 heterocycles. The SMILES string of the molecule is N#C[C@@H]1CCCN1C(=O)CNC1CCC(C(N)c2ncc(Br)cn2)CC1. The second kappa shape index (κ2) is 8.89. The molecule has 1 saturated heterocycles. The maximum absolute atomic E-state index is 12.3. The van der Waals surface area contributed by atoms with Gasteiger partial charge >= 0.3 is 0 Å². The van der Waals surface area contributed by atoms with Crippen molar-refractivity contribution in [3.05, 3.63) is 22.7 Å². The number of aromatic nitrogens is 2. The molecular formula is C18H25BrN6O. The summed E-state index contributed by atoms with van der Waals surface area (Å²) in [6.07, 6.45) is 9.15. The van der Waals surface area contributed by atoms with Crippen LogP contribution in [0.1, 0.15) is 50.4 Å². The van der Waals surface area contributed by atoms with Gasteiger partial charge in [-0.3, -0.25) is 4.79 Å². The lowest BCUT2D eigenvalue weighted by Crippen LogP contribution is -2.44. The summed E-state index contributed by atoms with van der Waals surface area (Å²) in [6.45, 7) is 1.02. The topological polar surface area (TPSA) is 108 Å². The number of nitrogens with one attached hydrogen (secondary N) is 1. The van der Waals surface area contributed by atoms with Crippen molar-refractivity contribution in [3.8, 4) is 6.07 Å². The Labute approximate surface area is 162 Å². The van der Waals surface area contributed by atoms with E-state index < -0.39 is 0 Å². The Morgan fingerprint density at radius 2 is 2.04 bits per heavy atom. The molecule has 1 aliphatic carbocycles. The third kappa shape index (κ3) is 4.58. The van der Waals surface area contributed by atoms with Gasteiger partial charge in [0.15, 0.2) is 0 Å². The molecular weight excluding hydrogens is 396 g/mol. The highest BCUT2D eigenvalue weighted by Crippen LogP contribution is 2.32. The number of rotatable bonds is 5. The molecule has 0 bridgehead atoms. The largest absolute Gasteiger partial charge is 0.326 e. The molecule has 1 aromatic heterocycles. The highest BCUT2D eigenvalue weighted by atomic mass is 79.9. The number of amides is 1. The smallest absolute Gasteiger partial charge is 0.237 e. The minimum atomic E-state index is -0.246. The number of nitrogens with zero attached hydrogens (tertiary/aromatic N) is 4. The molecule has 7 nitrogen and oxygen atoms in total. The van der Waals surface area contributed by atoms with Gasteiger partial charge in [-0.1, -0.05) is 0 Å². The number of likely N-dealkylation sites (tertiary alicyclic amines) is 1. The van der Waals surface area contributed by atoms with E-state index in [2.05, 4.69) is 37.3 Å². The van der Waals surface area contributed by atoms with Crippen LogP contribution in [0.3, 0.4) is 0 Å². The molecule has 3 rings (SSSR count). The molecule has 8 heteroatoms. The summed E-state index contributed by atoms with van der Waals surface area (Å²) in [4.78, 5) is 22.7. The van der Waals surface area contributed by atoms with E-state index >= 15 is 0 Å². The highest BCUT2D eigenvalue weighted by molar-refractivity contribution is 9.10. The third-order valence-electron chi connectivity index (χ3n) is 5.48. The van der Waals surface area contributed by atoms with Crippen molar-refractivity contribution in [1.29, 1.82) is 5.26 Å². The molecule has 0 aromatic carbocycles. The zero-order valence-corrected chi connectivity index (χ0v) is 16.4. The van der Waals surface area contributed by atoms with Gasteiger partial charge in [0.1, 0.15) is 11.9 Å². The molecule has 140 valence electrons. The van der Waals surface area contributed by atoms with Crippen molar-refractivity contribution in [1.82, 2.24) is 20.2 Å². The summed E-state index contributed by atoms with van der Waals surface area (Å²) in [7, 11) is 0. The lowest BCUT2D eigenvalue weighted by Gasteiger charge is -2.32. The summed E-state index contributed by atoms with van der Waals surface area (Å²) in [6, 6.07) is 2.16. The monoisotopic (exact) mass is 420 g/mol. The molecule has 2 fully saturated rings. The minimum Gasteiger partial charge on any atom is -0.326 e. The Morgan fingerprint density at radius 3 is 2.69 bits per heavy atom. The molecule has 0 radical (unpaired) electrons. The predicted molar refractivity (Wildman–Crippen MR) is 101 cm³/mol. The molecule has 0 spiro atoms. The van der Waals surface area contributed by atoms with Gasteiger partial charge in [-0.25, -0.2) is 9.97 Å². The fourth-order valence-electron chi connectivity index (χ4n) is 3.92. The van der Waals surface area contributed by atoms with E-state index in [1.165, 1.54) is 0 Å². The van der Waals surface area contributed by atoms with E-state index in [1.807, 2.05) is 0 Å². The molecule has 1 saturated carbocycles. The molecule has 3 N–H and O–H groups in total. The quantitative estimate of drug-likeness (QED) is 0.752. The van der Waals surface area contributed by atoms with Crippen molar-refractivity contribution in [2.24, 2.45) is 11.7 Å². The van der Waals surface area contributed by atoms with Gasteiger partial charge < -0.3 is 16.0 Å². The van der Waals surface area contributed by atoms with Crippen LogP contribution in [-0.4, -0.2) is 45.9 Å². The second-order valence-electron chi connectivity index (χ2n) is 7.15. The third-order valence-corrected chi connectivity index (χ3v) is 5.89. The molecule has 1 amide bonds. The first-order valence-corrected chi connectivity index (χ1v) is 10.0. The zero-order valence-electron chi connectivity index (χ0n) is 14.8. The standard InChI is InChI=1S/C18H25BrN6O/c19-13-9-23-18(24-10-13)17(21)12-3-5-14(6-4-12)22-11-16(26)25-7-1-2-15(25)8-20/h9-10,12,14-15,17,22H,1-7,11,21H2/t12?,14?,15-,17?/m0/s1. The highest BCUT2D eigenvalue weighted by Gasteiger charge is 2.30. The first-order chi connectivity index (χ1) is 12.6. The number of carbonyl (C=O) groups is 1. The van der Waals surface area contributed by atoms with Crippen LogP contribution in [0.15, 0.2) is 16.9 Å². The Kier molecular flexibility index (Phi) is 6.57. The van der Waals surface area contributed by atoms with Crippen molar-refractivity contribution in [2.75, 3.05) is 13.1 Å². The summed E-state index contributed by atoms with van der Waals surface area (Å²) in [5, 5.41) is 12.5. The summed E-state index contributed by atoms with van der Waals surface area (Å²) < 4.78 is 0.850. The fraction of sp³-hybridized carbons (Fsp3) is 0.667. The first-order valence-electron chi connectivity index (χ1n) is 9.24. The van der Waals surface area contributed by atoms with Crippen LogP contribution < -0.4 is 11.1 Å². The normalized spacial score (nSPS) is 27.1. The molecule has 2 atom stereocenters. The summed E-state index contributed by atoms with van der Waals surface area (Å²) >= 11 is 3.34. The van der Waals surface area contributed by atoms with Gasteiger partial charge in [-0.15, -0.1) is 0 Å². The van der Waals surface area contributed by atoms with Crippen molar-refractivity contribution >= 4 is 21.8 Å². The van der Waals surface area contributed by atoms with E-state index in [0.29, 0.717) is 30.9 Å². The lowest BCUT2D eigenvalue weighted by molar-refractivity contribution is -0.130. The Balaban J connectivity index is 1.43. The van der Waals surface area contributed by atoms with Crippen LogP contribution in [0.2, 0.25) is 0 Å². The predicted octanol–water partition coefficient (Wildman–Crippen LogP) is 1.90. The van der Waals surface area contributed by atoms with Gasteiger partial charge in [0.2, 0.25) is 5.91 Å². The molecule has 26 heavy (non-hydrogen) atoms. The molecule has 1 unspecified atom stereocenters. The maximum atomic E-state index is 12.3. The van der Waals surface area contributed by atoms with Crippen molar-refractivity contribution in [3.63, 3.8) is 0 Å². The van der Waals surface area contributed by atoms with E-state index in [9.17, 15) is 4.79 Å². The summed E-state index contributed by atoms with van der Waals surface area (Å²) in [5.74, 6) is 1.10. The van der Waals surface area contributed by atoms with Gasteiger partial charge in [-0.2, -0.15) is 5.26 Å². The first kappa shape index (κ1) is 19.2. The number of nitriles is 1. The van der Waals surface area contributed by atoms with Crippen LogP contribution in [0.25, 0.3) is 0 Å². The van der Waals surface area contributed by atoms with Crippen LogP contribution in [0.5, 0.6) is 0 Å². The number of halogens is 1. The molecule has 1 aliphatic heterocycles. The van der Waals surface area contributed by atoms with Crippen LogP contribution in [0, 0.1) is 17.2 Å². The fourth-order valence-corrected chi connectivity index (χ4v) is 4.13. The zero-order chi connectivity index (χ0) is 18.5. The molecule has 1 aromatic rings. The molecule has 2 aliphatic rings. The van der Waals surface area contributed by atoms with E-state index in [1.54, 1.807) is 17.3 Å². The lowest BCUT2D eigenvalue weighted by atomic mass is 9.81.